The van der Waals surface area contributed by atoms with Gasteiger partial charge in [-0.3, -0.25) is 4.79 Å². The molecule has 4 atom stereocenters. The van der Waals surface area contributed by atoms with E-state index >= 15 is 0 Å². The number of halogens is 7. The van der Waals surface area contributed by atoms with Gasteiger partial charge in [0.05, 0.1) is 23.3 Å². The van der Waals surface area contributed by atoms with Crippen molar-refractivity contribution in [1.82, 2.24) is 9.80 Å². The standard InChI is InChI=1S/C34H35F7N2O4/c1-19(22-13-24(33(36,37)38)17-25(14-22)34(39,40)41)46-28-18-43-27(30(28)21-5-7-26(35)8-6-21)15-23(16-29(43)44)20-9-11-42(12-10-20)31(45)47-32(2,3)4/h5-9,13-14,16-17,19,27-28,30H,10-12,15,18H2,1-4H3/t19-,27?,28?,30+/m1/s1. The summed E-state index contributed by atoms with van der Waals surface area (Å²) in [5.41, 5.74) is -1.62. The molecule has 0 spiro atoms. The highest BCUT2D eigenvalue weighted by molar-refractivity contribution is 5.91. The van der Waals surface area contributed by atoms with Crippen molar-refractivity contribution in [3.63, 3.8) is 0 Å². The maximum atomic E-state index is 13.9. The lowest BCUT2D eigenvalue weighted by Crippen LogP contribution is -2.41. The molecule has 3 heterocycles. The van der Waals surface area contributed by atoms with E-state index in [1.807, 2.05) is 6.08 Å². The number of fused-ring (bicyclic) bond motifs is 1. The molecule has 254 valence electrons. The number of rotatable bonds is 5. The van der Waals surface area contributed by atoms with E-state index in [1.165, 1.54) is 37.3 Å². The maximum Gasteiger partial charge on any atom is 0.416 e. The first kappa shape index (κ1) is 34.5. The molecule has 5 rings (SSSR count). The van der Waals surface area contributed by atoms with Gasteiger partial charge in [0.2, 0.25) is 5.91 Å². The molecule has 0 aliphatic carbocycles. The fraction of sp³-hybridized carbons (Fsp3) is 0.471. The Balaban J connectivity index is 1.41. The van der Waals surface area contributed by atoms with Crippen molar-refractivity contribution in [2.75, 3.05) is 19.6 Å². The number of amides is 2. The van der Waals surface area contributed by atoms with Crippen molar-refractivity contribution < 1.29 is 49.8 Å². The summed E-state index contributed by atoms with van der Waals surface area (Å²) in [6, 6.07) is 6.42. The first-order valence-corrected chi connectivity index (χ1v) is 15.2. The monoisotopic (exact) mass is 668 g/mol. The molecule has 0 N–H and O–H groups in total. The molecule has 0 aromatic heterocycles. The van der Waals surface area contributed by atoms with Crippen LogP contribution in [0.1, 0.15) is 74.8 Å². The maximum absolute atomic E-state index is 13.9. The summed E-state index contributed by atoms with van der Waals surface area (Å²) in [6.45, 7) is 7.37. The molecule has 1 saturated heterocycles. The Morgan fingerprint density at radius 3 is 2.09 bits per heavy atom. The molecule has 3 aliphatic rings. The van der Waals surface area contributed by atoms with Gasteiger partial charge in [-0.15, -0.1) is 0 Å². The van der Waals surface area contributed by atoms with Crippen LogP contribution in [0.3, 0.4) is 0 Å². The molecule has 13 heteroatoms. The lowest BCUT2D eigenvalue weighted by Gasteiger charge is -2.35. The van der Waals surface area contributed by atoms with Gasteiger partial charge in [0.15, 0.2) is 0 Å². The summed E-state index contributed by atoms with van der Waals surface area (Å²) in [6.07, 6.45) is -8.30. The minimum atomic E-state index is -5.02. The number of hydrogen-bond donors (Lipinski definition) is 0. The Hall–Kier alpha value is -3.87. The zero-order valence-corrected chi connectivity index (χ0v) is 26.2. The largest absolute Gasteiger partial charge is 0.444 e. The summed E-state index contributed by atoms with van der Waals surface area (Å²) in [5.74, 6) is -1.39. The molecule has 0 bridgehead atoms. The van der Waals surface area contributed by atoms with Crippen molar-refractivity contribution in [2.24, 2.45) is 0 Å². The summed E-state index contributed by atoms with van der Waals surface area (Å²) >= 11 is 0. The molecule has 0 saturated carbocycles. The number of carbonyl (C=O) groups is 2. The lowest BCUT2D eigenvalue weighted by molar-refractivity contribution is -0.143. The van der Waals surface area contributed by atoms with Crippen molar-refractivity contribution in [2.45, 2.75) is 82.7 Å². The van der Waals surface area contributed by atoms with E-state index < -0.39 is 65.2 Å². The molecule has 2 unspecified atom stereocenters. The Kier molecular flexibility index (Phi) is 9.26. The summed E-state index contributed by atoms with van der Waals surface area (Å²) in [7, 11) is 0. The van der Waals surface area contributed by atoms with Gasteiger partial charge in [-0.2, -0.15) is 26.3 Å². The van der Waals surface area contributed by atoms with Crippen LogP contribution in [0.25, 0.3) is 0 Å². The van der Waals surface area contributed by atoms with Crippen LogP contribution in [-0.2, 0) is 26.6 Å². The molecule has 2 amide bonds. The minimum absolute atomic E-state index is 0.0240. The highest BCUT2D eigenvalue weighted by Crippen LogP contribution is 2.45. The second kappa shape index (κ2) is 12.6. The van der Waals surface area contributed by atoms with E-state index in [9.17, 15) is 40.3 Å². The van der Waals surface area contributed by atoms with E-state index in [0.717, 1.165) is 11.1 Å². The van der Waals surface area contributed by atoms with Crippen molar-refractivity contribution in [1.29, 1.82) is 0 Å². The van der Waals surface area contributed by atoms with Gasteiger partial charge in [0.25, 0.3) is 0 Å². The highest BCUT2D eigenvalue weighted by atomic mass is 19.4. The molecule has 6 nitrogen and oxygen atoms in total. The van der Waals surface area contributed by atoms with Crippen molar-refractivity contribution in [3.8, 4) is 0 Å². The second-order valence-electron chi connectivity index (χ2n) is 13.1. The normalized spacial score (nSPS) is 22.9. The Bertz CT molecular complexity index is 1540. The molecular formula is C34H35F7N2O4. The van der Waals surface area contributed by atoms with Crippen LogP contribution in [0.15, 0.2) is 65.8 Å². The molecule has 47 heavy (non-hydrogen) atoms. The Morgan fingerprint density at radius 1 is 0.936 bits per heavy atom. The molecule has 0 radical (unpaired) electrons. The van der Waals surface area contributed by atoms with Gasteiger partial charge < -0.3 is 19.3 Å². The molecular weight excluding hydrogens is 633 g/mol. The smallest absolute Gasteiger partial charge is 0.416 e. The van der Waals surface area contributed by atoms with E-state index in [-0.39, 0.29) is 30.6 Å². The lowest BCUT2D eigenvalue weighted by atomic mass is 9.82. The zero-order chi connectivity index (χ0) is 34.5. The van der Waals surface area contributed by atoms with E-state index in [2.05, 4.69) is 0 Å². The number of ether oxygens (including phenoxy) is 2. The third-order valence-electron chi connectivity index (χ3n) is 8.59. The fourth-order valence-electron chi connectivity index (χ4n) is 6.37. The van der Waals surface area contributed by atoms with Crippen LogP contribution >= 0.6 is 0 Å². The molecule has 2 aromatic carbocycles. The van der Waals surface area contributed by atoms with Gasteiger partial charge in [0.1, 0.15) is 11.4 Å². The number of hydrogen-bond acceptors (Lipinski definition) is 4. The van der Waals surface area contributed by atoms with E-state index in [0.29, 0.717) is 37.1 Å². The van der Waals surface area contributed by atoms with Gasteiger partial charge >= 0.3 is 18.4 Å². The third kappa shape index (κ3) is 7.82. The van der Waals surface area contributed by atoms with Crippen LogP contribution in [0.4, 0.5) is 35.5 Å². The van der Waals surface area contributed by atoms with Crippen LogP contribution < -0.4 is 0 Å². The van der Waals surface area contributed by atoms with Gasteiger partial charge in [0, 0.05) is 37.7 Å². The first-order chi connectivity index (χ1) is 21.8. The van der Waals surface area contributed by atoms with Crippen LogP contribution in [-0.4, -0.2) is 59.2 Å². The number of benzene rings is 2. The second-order valence-corrected chi connectivity index (χ2v) is 13.1. The SMILES string of the molecule is C[C@@H](OC1CN2C(=O)C=C(C3=CCN(C(=O)OC(C)(C)C)CC3)CC2[C@@H]1c1ccc(F)cc1)c1cc(C(F)(F)F)cc(C(F)(F)F)c1. The molecule has 2 aromatic rings. The predicted octanol–water partition coefficient (Wildman–Crippen LogP) is 8.20. The summed E-state index contributed by atoms with van der Waals surface area (Å²) in [5, 5.41) is 0. The van der Waals surface area contributed by atoms with E-state index in [1.54, 1.807) is 30.6 Å². The quantitative estimate of drug-likeness (QED) is 0.302. The average Bonchev–Trinajstić information content (AvgIpc) is 3.34. The minimum Gasteiger partial charge on any atom is -0.444 e. The van der Waals surface area contributed by atoms with Gasteiger partial charge in [-0.25, -0.2) is 9.18 Å². The van der Waals surface area contributed by atoms with Crippen molar-refractivity contribution in [3.05, 3.63) is 93.8 Å². The third-order valence-corrected chi connectivity index (χ3v) is 8.59. The summed E-state index contributed by atoms with van der Waals surface area (Å²) < 4.78 is 107. The predicted molar refractivity (Wildman–Crippen MR) is 158 cm³/mol. The number of alkyl halides is 6. The zero-order valence-electron chi connectivity index (χ0n) is 26.2. The highest BCUT2D eigenvalue weighted by Gasteiger charge is 2.48. The first-order valence-electron chi connectivity index (χ1n) is 15.2. The number of nitrogens with zero attached hydrogens (tertiary/aromatic N) is 2. The topological polar surface area (TPSA) is 59.1 Å². The van der Waals surface area contributed by atoms with Crippen LogP contribution in [0, 0.1) is 5.82 Å². The van der Waals surface area contributed by atoms with Gasteiger partial charge in [-0.05, 0) is 93.1 Å². The fourth-order valence-corrected chi connectivity index (χ4v) is 6.37. The molecule has 3 aliphatic heterocycles. The molecule has 1 fully saturated rings. The van der Waals surface area contributed by atoms with E-state index in [4.69, 9.17) is 9.47 Å². The Labute approximate surface area is 267 Å². The number of carbonyl (C=O) groups excluding carboxylic acids is 2. The Morgan fingerprint density at radius 2 is 1.55 bits per heavy atom. The average molecular weight is 669 g/mol. The van der Waals surface area contributed by atoms with Crippen LogP contribution in [0.2, 0.25) is 0 Å². The summed E-state index contributed by atoms with van der Waals surface area (Å²) in [4.78, 5) is 29.1. The van der Waals surface area contributed by atoms with Crippen molar-refractivity contribution >= 4 is 12.0 Å². The van der Waals surface area contributed by atoms with Gasteiger partial charge in [-0.1, -0.05) is 18.2 Å². The van der Waals surface area contributed by atoms with Crippen LogP contribution in [0.5, 0.6) is 0 Å².